The van der Waals surface area contributed by atoms with E-state index in [0.29, 0.717) is 18.5 Å². The van der Waals surface area contributed by atoms with Crippen molar-refractivity contribution in [2.24, 2.45) is 10.7 Å². The van der Waals surface area contributed by atoms with Crippen LogP contribution in [-0.4, -0.2) is 12.0 Å². The molecular weight excluding hydrogens is 290 g/mol. The molecule has 4 heteroatoms. The first-order valence-corrected chi connectivity index (χ1v) is 7.34. The lowest BCUT2D eigenvalue weighted by molar-refractivity contribution is 0.412. The van der Waals surface area contributed by atoms with Crippen LogP contribution < -0.4 is 11.1 Å². The molecule has 0 unspecified atom stereocenters. The number of guanidine groups is 1. The minimum Gasteiger partial charge on any atom is -0.370 e. The maximum absolute atomic E-state index is 5.91. The Balaban J connectivity index is 1.82. The lowest BCUT2D eigenvalue weighted by atomic mass is 9.96. The Morgan fingerprint density at radius 3 is 2.56 bits per heavy atom. The number of nitrogens with zero attached hydrogens (tertiary/aromatic N) is 1. The van der Waals surface area contributed by atoms with Crippen LogP contribution in [0.5, 0.6) is 0 Å². The highest BCUT2D eigenvalue weighted by Gasteiger charge is 2.13. The van der Waals surface area contributed by atoms with Gasteiger partial charge in [-0.1, -0.05) is 47.3 Å². The monoisotopic (exact) mass is 309 g/mol. The van der Waals surface area contributed by atoms with E-state index in [1.165, 1.54) is 37.7 Å². The molecule has 1 aliphatic carbocycles. The zero-order chi connectivity index (χ0) is 12.8. The molecule has 0 aliphatic heterocycles. The molecule has 3 N–H and O–H groups in total. The van der Waals surface area contributed by atoms with Crippen LogP contribution in [0.1, 0.15) is 37.7 Å². The Labute approximate surface area is 117 Å². The van der Waals surface area contributed by atoms with Crippen LogP contribution in [0.15, 0.2) is 33.7 Å². The van der Waals surface area contributed by atoms with Crippen molar-refractivity contribution in [3.63, 3.8) is 0 Å². The van der Waals surface area contributed by atoms with E-state index in [2.05, 4.69) is 38.4 Å². The Morgan fingerprint density at radius 1 is 1.22 bits per heavy atom. The molecule has 0 heterocycles. The Kier molecular flexibility index (Phi) is 5.05. The van der Waals surface area contributed by atoms with Gasteiger partial charge in [0, 0.05) is 10.5 Å². The minimum absolute atomic E-state index is 0.521. The molecule has 1 saturated carbocycles. The fourth-order valence-corrected chi connectivity index (χ4v) is 2.53. The highest BCUT2D eigenvalue weighted by atomic mass is 79.9. The standard InChI is InChI=1S/C14H20BrN3/c15-12-8-6-11(7-9-12)10-17-14(16)18-13-4-2-1-3-5-13/h6-9,13H,1-5,10H2,(H3,16,17,18). The average molecular weight is 310 g/mol. The van der Waals surface area contributed by atoms with E-state index in [9.17, 15) is 0 Å². The van der Waals surface area contributed by atoms with Gasteiger partial charge in [-0.25, -0.2) is 4.99 Å². The average Bonchev–Trinajstić information content (AvgIpc) is 2.39. The lowest BCUT2D eigenvalue weighted by Crippen LogP contribution is -2.41. The molecule has 0 amide bonds. The third kappa shape index (κ3) is 4.33. The summed E-state index contributed by atoms with van der Waals surface area (Å²) in [5.41, 5.74) is 7.08. The Hall–Kier alpha value is -1.03. The largest absolute Gasteiger partial charge is 0.370 e. The fraction of sp³-hybridized carbons (Fsp3) is 0.500. The summed E-state index contributed by atoms with van der Waals surface area (Å²) in [6.45, 7) is 0.638. The molecule has 18 heavy (non-hydrogen) atoms. The van der Waals surface area contributed by atoms with Gasteiger partial charge in [0.2, 0.25) is 0 Å². The molecule has 0 saturated heterocycles. The van der Waals surface area contributed by atoms with Crippen LogP contribution in [0.3, 0.4) is 0 Å². The van der Waals surface area contributed by atoms with Gasteiger partial charge >= 0.3 is 0 Å². The van der Waals surface area contributed by atoms with E-state index >= 15 is 0 Å². The molecule has 0 spiro atoms. The van der Waals surface area contributed by atoms with E-state index < -0.39 is 0 Å². The Morgan fingerprint density at radius 2 is 1.89 bits per heavy atom. The molecule has 1 aromatic carbocycles. The van der Waals surface area contributed by atoms with E-state index in [1.54, 1.807) is 0 Å². The van der Waals surface area contributed by atoms with Gasteiger partial charge in [0.15, 0.2) is 5.96 Å². The molecule has 0 atom stereocenters. The first kappa shape index (κ1) is 13.4. The van der Waals surface area contributed by atoms with E-state index in [0.717, 1.165) is 4.47 Å². The SMILES string of the molecule is NC(=NCc1ccc(Br)cc1)NC1CCCCC1. The summed E-state index contributed by atoms with van der Waals surface area (Å²) in [4.78, 5) is 4.39. The van der Waals surface area contributed by atoms with Gasteiger partial charge in [-0.2, -0.15) is 0 Å². The first-order chi connectivity index (χ1) is 8.74. The van der Waals surface area contributed by atoms with Crippen molar-refractivity contribution in [1.29, 1.82) is 0 Å². The maximum atomic E-state index is 5.91. The smallest absolute Gasteiger partial charge is 0.189 e. The van der Waals surface area contributed by atoms with Crippen molar-refractivity contribution in [1.82, 2.24) is 5.32 Å². The van der Waals surface area contributed by atoms with E-state index in [4.69, 9.17) is 5.73 Å². The van der Waals surface area contributed by atoms with Gasteiger partial charge in [-0.15, -0.1) is 0 Å². The molecule has 0 radical (unpaired) electrons. The number of halogens is 1. The maximum Gasteiger partial charge on any atom is 0.189 e. The number of hydrogen-bond acceptors (Lipinski definition) is 1. The quantitative estimate of drug-likeness (QED) is 0.665. The lowest BCUT2D eigenvalue weighted by Gasteiger charge is -2.23. The molecular formula is C14H20BrN3. The highest BCUT2D eigenvalue weighted by molar-refractivity contribution is 9.10. The molecule has 1 fully saturated rings. The van der Waals surface area contributed by atoms with Crippen molar-refractivity contribution < 1.29 is 0 Å². The molecule has 98 valence electrons. The van der Waals surface area contributed by atoms with Crippen LogP contribution in [0.4, 0.5) is 0 Å². The molecule has 1 aromatic rings. The van der Waals surface area contributed by atoms with Crippen LogP contribution in [0, 0.1) is 0 Å². The number of benzene rings is 1. The molecule has 0 bridgehead atoms. The van der Waals surface area contributed by atoms with Crippen molar-refractivity contribution in [2.45, 2.75) is 44.7 Å². The van der Waals surface area contributed by atoms with Crippen molar-refractivity contribution in [2.75, 3.05) is 0 Å². The summed E-state index contributed by atoms with van der Waals surface area (Å²) in [6, 6.07) is 8.68. The number of rotatable bonds is 3. The summed E-state index contributed by atoms with van der Waals surface area (Å²) in [5, 5.41) is 3.32. The topological polar surface area (TPSA) is 50.4 Å². The first-order valence-electron chi connectivity index (χ1n) is 6.55. The molecule has 2 rings (SSSR count). The molecule has 3 nitrogen and oxygen atoms in total. The van der Waals surface area contributed by atoms with Gasteiger partial charge in [-0.3, -0.25) is 0 Å². The number of nitrogens with one attached hydrogen (secondary N) is 1. The summed E-state index contributed by atoms with van der Waals surface area (Å²) in [5.74, 6) is 0.574. The van der Waals surface area contributed by atoms with Gasteiger partial charge in [-0.05, 0) is 30.5 Å². The van der Waals surface area contributed by atoms with Crippen molar-refractivity contribution in [3.8, 4) is 0 Å². The summed E-state index contributed by atoms with van der Waals surface area (Å²) < 4.78 is 1.09. The third-order valence-electron chi connectivity index (χ3n) is 3.30. The van der Waals surface area contributed by atoms with Gasteiger partial charge in [0.1, 0.15) is 0 Å². The van der Waals surface area contributed by atoms with Crippen LogP contribution in [0.25, 0.3) is 0 Å². The van der Waals surface area contributed by atoms with Crippen LogP contribution in [-0.2, 0) is 6.54 Å². The second kappa shape index (κ2) is 6.78. The fourth-order valence-electron chi connectivity index (χ4n) is 2.27. The second-order valence-electron chi connectivity index (χ2n) is 4.81. The number of aliphatic imine (C=N–C) groups is 1. The number of hydrogen-bond donors (Lipinski definition) is 2. The summed E-state index contributed by atoms with van der Waals surface area (Å²) in [6.07, 6.45) is 6.40. The van der Waals surface area contributed by atoms with E-state index in [1.807, 2.05) is 12.1 Å². The third-order valence-corrected chi connectivity index (χ3v) is 3.83. The minimum atomic E-state index is 0.521. The zero-order valence-corrected chi connectivity index (χ0v) is 12.1. The van der Waals surface area contributed by atoms with Gasteiger partial charge < -0.3 is 11.1 Å². The van der Waals surface area contributed by atoms with Crippen LogP contribution in [0.2, 0.25) is 0 Å². The predicted octanol–water partition coefficient (Wildman–Crippen LogP) is 3.19. The van der Waals surface area contributed by atoms with E-state index in [-0.39, 0.29) is 0 Å². The van der Waals surface area contributed by atoms with Crippen molar-refractivity contribution in [3.05, 3.63) is 34.3 Å². The van der Waals surface area contributed by atoms with Gasteiger partial charge in [0.05, 0.1) is 6.54 Å². The summed E-state index contributed by atoms with van der Waals surface area (Å²) >= 11 is 3.42. The Bertz CT molecular complexity index is 394. The zero-order valence-electron chi connectivity index (χ0n) is 10.5. The second-order valence-corrected chi connectivity index (χ2v) is 5.72. The molecule has 1 aliphatic rings. The molecule has 0 aromatic heterocycles. The van der Waals surface area contributed by atoms with Gasteiger partial charge in [0.25, 0.3) is 0 Å². The van der Waals surface area contributed by atoms with Crippen molar-refractivity contribution >= 4 is 21.9 Å². The number of nitrogens with two attached hydrogens (primary N) is 1. The predicted molar refractivity (Wildman–Crippen MR) is 79.5 cm³/mol. The summed E-state index contributed by atoms with van der Waals surface area (Å²) in [7, 11) is 0. The van der Waals surface area contributed by atoms with Crippen LogP contribution >= 0.6 is 15.9 Å². The highest BCUT2D eigenvalue weighted by Crippen LogP contribution is 2.17. The normalized spacial score (nSPS) is 17.7.